The molecule has 2 unspecified atom stereocenters. The third kappa shape index (κ3) is 5.09. The monoisotopic (exact) mass is 298 g/mol. The van der Waals surface area contributed by atoms with Crippen molar-refractivity contribution in [2.45, 2.75) is 52.7 Å². The molecule has 0 bridgehead atoms. The van der Waals surface area contributed by atoms with Crippen LogP contribution in [0.1, 0.15) is 63.5 Å². The number of aromatic nitrogens is 1. The second-order valence-corrected chi connectivity index (χ2v) is 5.89. The molecule has 2 N–H and O–H groups in total. The van der Waals surface area contributed by atoms with Gasteiger partial charge in [-0.3, -0.25) is 0 Å². The first-order valence-electron chi connectivity index (χ1n) is 6.82. The van der Waals surface area contributed by atoms with Crippen LogP contribution < -0.4 is 5.32 Å². The lowest BCUT2D eigenvalue weighted by atomic mass is 9.99. The van der Waals surface area contributed by atoms with Crippen molar-refractivity contribution in [2.24, 2.45) is 5.92 Å². The van der Waals surface area contributed by atoms with E-state index < -0.39 is 23.7 Å². The summed E-state index contributed by atoms with van der Waals surface area (Å²) in [7, 11) is 0. The zero-order valence-corrected chi connectivity index (χ0v) is 13.0. The van der Waals surface area contributed by atoms with Crippen LogP contribution in [-0.4, -0.2) is 27.8 Å². The van der Waals surface area contributed by atoms with Crippen LogP contribution in [0.4, 0.5) is 4.79 Å². The molecule has 0 fully saturated rings. The Labute approximate surface area is 123 Å². The normalized spacial score (nSPS) is 14.3. The van der Waals surface area contributed by atoms with Gasteiger partial charge in [-0.15, -0.1) is 0 Å². The summed E-state index contributed by atoms with van der Waals surface area (Å²) in [4.78, 5) is 26.6. The third-order valence-corrected chi connectivity index (χ3v) is 2.89. The fourth-order valence-corrected chi connectivity index (χ4v) is 1.65. The maximum Gasteiger partial charge on any atom is 0.408 e. The Hall–Kier alpha value is -2.05. The van der Waals surface area contributed by atoms with E-state index >= 15 is 0 Å². The molecule has 0 aliphatic heterocycles. The second-order valence-electron chi connectivity index (χ2n) is 5.89. The van der Waals surface area contributed by atoms with Gasteiger partial charge in [0, 0.05) is 0 Å². The molecule has 0 aromatic carbocycles. The van der Waals surface area contributed by atoms with Crippen LogP contribution in [0.5, 0.6) is 0 Å². The number of amides is 1. The highest BCUT2D eigenvalue weighted by atomic mass is 16.6. The fraction of sp³-hybridized carbons (Fsp3) is 0.643. The van der Waals surface area contributed by atoms with Gasteiger partial charge in [0.2, 0.25) is 5.89 Å². The van der Waals surface area contributed by atoms with Crippen molar-refractivity contribution >= 4 is 12.1 Å². The van der Waals surface area contributed by atoms with Crippen LogP contribution in [0.25, 0.3) is 0 Å². The smallest absolute Gasteiger partial charge is 0.408 e. The van der Waals surface area contributed by atoms with Gasteiger partial charge < -0.3 is 19.6 Å². The van der Waals surface area contributed by atoms with E-state index in [0.29, 0.717) is 0 Å². The van der Waals surface area contributed by atoms with Crippen LogP contribution in [0.15, 0.2) is 10.7 Å². The first-order valence-corrected chi connectivity index (χ1v) is 6.82. The van der Waals surface area contributed by atoms with E-state index in [-0.39, 0.29) is 17.5 Å². The average Bonchev–Trinajstić information content (AvgIpc) is 2.82. The number of aromatic carboxylic acids is 1. The van der Waals surface area contributed by atoms with Crippen molar-refractivity contribution in [2.75, 3.05) is 0 Å². The molecule has 0 aliphatic carbocycles. The minimum absolute atomic E-state index is 0.0119. The summed E-state index contributed by atoms with van der Waals surface area (Å²) in [5.41, 5.74) is -0.809. The predicted octanol–water partition coefficient (Wildman–Crippen LogP) is 2.98. The van der Waals surface area contributed by atoms with Crippen LogP contribution in [0.2, 0.25) is 0 Å². The highest BCUT2D eigenvalue weighted by Crippen LogP contribution is 2.24. The van der Waals surface area contributed by atoms with E-state index in [1.165, 1.54) is 0 Å². The van der Waals surface area contributed by atoms with Crippen molar-refractivity contribution in [3.8, 4) is 0 Å². The van der Waals surface area contributed by atoms with Crippen molar-refractivity contribution < 1.29 is 23.8 Å². The minimum Gasteiger partial charge on any atom is -0.476 e. The highest BCUT2D eigenvalue weighted by Gasteiger charge is 2.28. The van der Waals surface area contributed by atoms with Crippen LogP contribution >= 0.6 is 0 Å². The summed E-state index contributed by atoms with van der Waals surface area (Å²) in [6, 6.07) is -0.544. The first-order chi connectivity index (χ1) is 9.64. The predicted molar refractivity (Wildman–Crippen MR) is 75.0 cm³/mol. The largest absolute Gasteiger partial charge is 0.476 e. The van der Waals surface area contributed by atoms with Crippen LogP contribution in [-0.2, 0) is 4.74 Å². The zero-order valence-electron chi connectivity index (χ0n) is 13.0. The Balaban J connectivity index is 2.90. The molecule has 0 saturated carbocycles. The molecule has 1 aromatic heterocycles. The van der Waals surface area contributed by atoms with Crippen LogP contribution in [0, 0.1) is 5.92 Å². The molecule has 118 valence electrons. The van der Waals surface area contributed by atoms with Crippen molar-refractivity contribution in [3.05, 3.63) is 17.8 Å². The van der Waals surface area contributed by atoms with Gasteiger partial charge >= 0.3 is 12.1 Å². The van der Waals surface area contributed by atoms with E-state index in [1.807, 2.05) is 13.8 Å². The standard InChI is InChI=1S/C14H22N2O5/c1-6-8(2)10(16-13(19)21-14(3,4)5)11-15-9(7-20-11)12(17)18/h7-8,10H,6H2,1-5H3,(H,16,19)(H,17,18). The van der Waals surface area contributed by atoms with E-state index in [4.69, 9.17) is 14.3 Å². The Kier molecular flexibility index (Phi) is 5.34. The lowest BCUT2D eigenvalue weighted by Crippen LogP contribution is -2.37. The van der Waals surface area contributed by atoms with E-state index in [1.54, 1.807) is 20.8 Å². The van der Waals surface area contributed by atoms with Crippen LogP contribution in [0.3, 0.4) is 0 Å². The van der Waals surface area contributed by atoms with E-state index in [2.05, 4.69) is 10.3 Å². The summed E-state index contributed by atoms with van der Waals surface area (Å²) in [5, 5.41) is 11.6. The lowest BCUT2D eigenvalue weighted by molar-refractivity contribution is 0.0475. The number of ether oxygens (including phenoxy) is 1. The number of carbonyl (C=O) groups excluding carboxylic acids is 1. The number of hydrogen-bond donors (Lipinski definition) is 2. The molecule has 1 aromatic rings. The molecule has 2 atom stereocenters. The molecule has 7 heteroatoms. The molecule has 0 spiro atoms. The molecule has 1 heterocycles. The quantitative estimate of drug-likeness (QED) is 0.866. The van der Waals surface area contributed by atoms with Crippen molar-refractivity contribution in [3.63, 3.8) is 0 Å². The molecule has 0 aliphatic rings. The van der Waals surface area contributed by atoms with Crippen molar-refractivity contribution in [1.29, 1.82) is 0 Å². The van der Waals surface area contributed by atoms with Gasteiger partial charge in [0.05, 0.1) is 0 Å². The maximum absolute atomic E-state index is 11.9. The zero-order chi connectivity index (χ0) is 16.2. The summed E-state index contributed by atoms with van der Waals surface area (Å²) in [5.74, 6) is -1.00. The van der Waals surface area contributed by atoms with Gasteiger partial charge in [-0.25, -0.2) is 14.6 Å². The number of nitrogens with one attached hydrogen (secondary N) is 1. The average molecular weight is 298 g/mol. The van der Waals surface area contributed by atoms with Gasteiger partial charge in [-0.05, 0) is 26.7 Å². The summed E-state index contributed by atoms with van der Waals surface area (Å²) in [6.07, 6.45) is 1.22. The number of oxazole rings is 1. The molecule has 1 amide bonds. The SMILES string of the molecule is CCC(C)C(NC(=O)OC(C)(C)C)c1nc(C(=O)O)co1. The Morgan fingerprint density at radius 3 is 2.52 bits per heavy atom. The number of nitrogens with zero attached hydrogens (tertiary/aromatic N) is 1. The number of hydrogen-bond acceptors (Lipinski definition) is 5. The number of carbonyl (C=O) groups is 2. The van der Waals surface area contributed by atoms with Crippen molar-refractivity contribution in [1.82, 2.24) is 10.3 Å². The molecular formula is C14H22N2O5. The lowest BCUT2D eigenvalue weighted by Gasteiger charge is -2.25. The molecule has 21 heavy (non-hydrogen) atoms. The molecule has 7 nitrogen and oxygen atoms in total. The Bertz CT molecular complexity index is 504. The van der Waals surface area contributed by atoms with Gasteiger partial charge in [0.15, 0.2) is 5.69 Å². The number of alkyl carbamates (subject to hydrolysis) is 1. The fourth-order valence-electron chi connectivity index (χ4n) is 1.65. The van der Waals surface area contributed by atoms with Gasteiger partial charge in [-0.1, -0.05) is 20.3 Å². The summed E-state index contributed by atoms with van der Waals surface area (Å²) >= 11 is 0. The molecule has 1 rings (SSSR count). The maximum atomic E-state index is 11.9. The summed E-state index contributed by atoms with van der Waals surface area (Å²) in [6.45, 7) is 9.15. The third-order valence-electron chi connectivity index (χ3n) is 2.89. The molecule has 0 radical (unpaired) electrons. The summed E-state index contributed by atoms with van der Waals surface area (Å²) < 4.78 is 10.4. The van der Waals surface area contributed by atoms with Gasteiger partial charge in [0.1, 0.15) is 17.9 Å². The first kappa shape index (κ1) is 17.0. The second kappa shape index (κ2) is 6.60. The Morgan fingerprint density at radius 2 is 2.10 bits per heavy atom. The molecule has 0 saturated heterocycles. The van der Waals surface area contributed by atoms with E-state index in [0.717, 1.165) is 12.7 Å². The topological polar surface area (TPSA) is 102 Å². The van der Waals surface area contributed by atoms with Gasteiger partial charge in [-0.2, -0.15) is 0 Å². The van der Waals surface area contributed by atoms with Gasteiger partial charge in [0.25, 0.3) is 0 Å². The number of rotatable bonds is 5. The number of carboxylic acids is 1. The highest BCUT2D eigenvalue weighted by molar-refractivity contribution is 5.84. The minimum atomic E-state index is -1.18. The number of carboxylic acid groups (broad SMARTS) is 1. The molecular weight excluding hydrogens is 276 g/mol. The Morgan fingerprint density at radius 1 is 1.48 bits per heavy atom. The van der Waals surface area contributed by atoms with E-state index in [9.17, 15) is 9.59 Å².